The highest BCUT2D eigenvalue weighted by atomic mass is 28.3. The largest absolute Gasteiger partial charge is 0.126 e. The van der Waals surface area contributed by atoms with Gasteiger partial charge < -0.3 is 0 Å². The Kier molecular flexibility index (Phi) is 3.97. The topological polar surface area (TPSA) is 0 Å². The Morgan fingerprint density at radius 3 is 1.92 bits per heavy atom. The second-order valence-electron chi connectivity index (χ2n) is 7.41. The first-order chi connectivity index (χ1) is 12.1. The zero-order valence-corrected chi connectivity index (χ0v) is 16.2. The Morgan fingerprint density at radius 2 is 1.32 bits per heavy atom. The fourth-order valence-corrected chi connectivity index (χ4v) is 8.57. The summed E-state index contributed by atoms with van der Waals surface area (Å²) in [5.74, 6) is 0. The van der Waals surface area contributed by atoms with E-state index in [0.29, 0.717) is 5.54 Å². The van der Waals surface area contributed by atoms with Gasteiger partial charge in [0.2, 0.25) is 0 Å². The van der Waals surface area contributed by atoms with Crippen LogP contribution in [0, 0.1) is 13.8 Å². The maximum Gasteiger partial charge on any atom is 0.126 e. The molecule has 3 aromatic carbocycles. The molecule has 0 fully saturated rings. The molecule has 0 heterocycles. The van der Waals surface area contributed by atoms with E-state index in [1.165, 1.54) is 32.6 Å². The molecular formula is C24H24Si. The fraction of sp³-hybridized carbons (Fsp3) is 0.167. The molecule has 4 rings (SSSR count). The Morgan fingerprint density at radius 1 is 0.720 bits per heavy atom. The monoisotopic (exact) mass is 340 g/mol. The quantitative estimate of drug-likeness (QED) is 0.598. The lowest BCUT2D eigenvalue weighted by Gasteiger charge is -2.35. The van der Waals surface area contributed by atoms with Gasteiger partial charge in [-0.15, -0.1) is 0 Å². The van der Waals surface area contributed by atoms with Gasteiger partial charge in [-0.1, -0.05) is 113 Å². The number of hydrogen-bond acceptors (Lipinski definition) is 0. The first kappa shape index (κ1) is 16.1. The summed E-state index contributed by atoms with van der Waals surface area (Å²) in [4.78, 5) is 0. The molecule has 1 atom stereocenters. The second-order valence-corrected chi connectivity index (χ2v) is 11.6. The van der Waals surface area contributed by atoms with Gasteiger partial charge in [-0.3, -0.25) is 0 Å². The van der Waals surface area contributed by atoms with Crippen molar-refractivity contribution in [3.8, 4) is 0 Å². The first-order valence-corrected chi connectivity index (χ1v) is 11.6. The summed E-state index contributed by atoms with van der Waals surface area (Å²) >= 11 is 0. The SMILES string of the molecule is Cc1cccc([Si](C)(c2cccc(C)c2)C2C=Cc3ccccc32)c1. The maximum absolute atomic E-state index is 2.54. The zero-order chi connectivity index (χ0) is 17.4. The summed E-state index contributed by atoms with van der Waals surface area (Å²) in [6.45, 7) is 6.94. The van der Waals surface area contributed by atoms with E-state index in [1.54, 1.807) is 0 Å². The predicted octanol–water partition coefficient (Wildman–Crippen LogP) is 4.85. The third kappa shape index (κ3) is 2.69. The van der Waals surface area contributed by atoms with E-state index < -0.39 is 8.07 Å². The molecule has 0 N–H and O–H groups in total. The van der Waals surface area contributed by atoms with Crippen LogP contribution in [-0.2, 0) is 0 Å². The van der Waals surface area contributed by atoms with Crippen LogP contribution in [0.3, 0.4) is 0 Å². The van der Waals surface area contributed by atoms with Crippen molar-refractivity contribution in [2.45, 2.75) is 25.9 Å². The molecule has 3 aromatic rings. The van der Waals surface area contributed by atoms with Gasteiger partial charge >= 0.3 is 0 Å². The Labute approximate surface area is 151 Å². The Hall–Kier alpha value is -2.38. The van der Waals surface area contributed by atoms with E-state index in [4.69, 9.17) is 0 Å². The third-order valence-corrected chi connectivity index (χ3v) is 10.4. The molecule has 0 saturated heterocycles. The predicted molar refractivity (Wildman–Crippen MR) is 111 cm³/mol. The van der Waals surface area contributed by atoms with Gasteiger partial charge in [0.1, 0.15) is 8.07 Å². The van der Waals surface area contributed by atoms with Gasteiger partial charge in [0.25, 0.3) is 0 Å². The van der Waals surface area contributed by atoms with E-state index in [1.807, 2.05) is 0 Å². The van der Waals surface area contributed by atoms with Crippen molar-refractivity contribution in [2.75, 3.05) is 0 Å². The minimum atomic E-state index is -1.97. The van der Waals surface area contributed by atoms with Crippen LogP contribution in [0.2, 0.25) is 6.55 Å². The molecule has 1 aliphatic carbocycles. The van der Waals surface area contributed by atoms with Crippen LogP contribution in [0.4, 0.5) is 0 Å². The van der Waals surface area contributed by atoms with Gasteiger partial charge in [-0.2, -0.15) is 0 Å². The minimum Gasteiger partial charge on any atom is -0.0784 e. The van der Waals surface area contributed by atoms with Crippen LogP contribution in [0.1, 0.15) is 27.8 Å². The molecule has 0 spiro atoms. The van der Waals surface area contributed by atoms with E-state index in [0.717, 1.165) is 0 Å². The van der Waals surface area contributed by atoms with Crippen molar-refractivity contribution < 1.29 is 0 Å². The number of fused-ring (bicyclic) bond motifs is 1. The zero-order valence-electron chi connectivity index (χ0n) is 15.2. The Bertz CT molecular complexity index is 906. The highest BCUT2D eigenvalue weighted by Crippen LogP contribution is 2.36. The van der Waals surface area contributed by atoms with Crippen molar-refractivity contribution in [3.63, 3.8) is 0 Å². The van der Waals surface area contributed by atoms with Crippen LogP contribution in [0.15, 0.2) is 78.9 Å². The van der Waals surface area contributed by atoms with Gasteiger partial charge in [0, 0.05) is 5.54 Å². The van der Waals surface area contributed by atoms with Crippen LogP contribution in [-0.4, -0.2) is 8.07 Å². The maximum atomic E-state index is 2.54. The average Bonchev–Trinajstić information content (AvgIpc) is 3.05. The lowest BCUT2D eigenvalue weighted by atomic mass is 10.1. The molecule has 1 heteroatoms. The molecule has 0 saturated carbocycles. The number of hydrogen-bond donors (Lipinski definition) is 0. The molecule has 1 aliphatic rings. The molecule has 0 nitrogen and oxygen atoms in total. The van der Waals surface area contributed by atoms with Crippen LogP contribution < -0.4 is 10.4 Å². The van der Waals surface area contributed by atoms with E-state index >= 15 is 0 Å². The highest BCUT2D eigenvalue weighted by Gasteiger charge is 2.42. The normalized spacial score (nSPS) is 16.0. The fourth-order valence-electron chi connectivity index (χ4n) is 4.21. The molecule has 0 amide bonds. The standard InChI is InChI=1S/C24H24Si/c1-18-8-6-11-21(16-18)25(3,22-12-7-9-19(2)17-22)24-15-14-20-10-4-5-13-23(20)24/h4-17,24H,1-3H3. The third-order valence-electron chi connectivity index (χ3n) is 5.66. The van der Waals surface area contributed by atoms with Crippen molar-refractivity contribution >= 4 is 24.5 Å². The summed E-state index contributed by atoms with van der Waals surface area (Å²) in [6, 6.07) is 27.2. The second kappa shape index (κ2) is 6.16. The van der Waals surface area contributed by atoms with E-state index in [-0.39, 0.29) is 0 Å². The van der Waals surface area contributed by atoms with E-state index in [9.17, 15) is 0 Å². The number of allylic oxidation sites excluding steroid dienone is 1. The van der Waals surface area contributed by atoms with Crippen LogP contribution in [0.5, 0.6) is 0 Å². The van der Waals surface area contributed by atoms with Gasteiger partial charge in [0.05, 0.1) is 0 Å². The van der Waals surface area contributed by atoms with Crippen LogP contribution >= 0.6 is 0 Å². The Balaban J connectivity index is 1.96. The summed E-state index contributed by atoms with van der Waals surface area (Å²) in [5, 5.41) is 3.04. The molecule has 25 heavy (non-hydrogen) atoms. The lowest BCUT2D eigenvalue weighted by Crippen LogP contribution is -2.59. The lowest BCUT2D eigenvalue weighted by molar-refractivity contribution is 1.18. The number of aryl methyl sites for hydroxylation is 2. The summed E-state index contributed by atoms with van der Waals surface area (Å²) in [6.07, 6.45) is 4.76. The number of rotatable bonds is 3. The molecule has 0 aromatic heterocycles. The van der Waals surface area contributed by atoms with Gasteiger partial charge in [-0.05, 0) is 25.0 Å². The van der Waals surface area contributed by atoms with Gasteiger partial charge in [-0.25, -0.2) is 0 Å². The van der Waals surface area contributed by atoms with Crippen molar-refractivity contribution in [1.82, 2.24) is 0 Å². The average molecular weight is 341 g/mol. The molecule has 0 radical (unpaired) electrons. The smallest absolute Gasteiger partial charge is 0.0784 e. The van der Waals surface area contributed by atoms with Crippen molar-refractivity contribution in [3.05, 3.63) is 101 Å². The molecule has 1 unspecified atom stereocenters. The summed E-state index contributed by atoms with van der Waals surface area (Å²) < 4.78 is 0. The first-order valence-electron chi connectivity index (χ1n) is 9.00. The summed E-state index contributed by atoms with van der Waals surface area (Å²) in [5.41, 5.74) is 6.04. The highest BCUT2D eigenvalue weighted by molar-refractivity contribution is 7.02. The van der Waals surface area contributed by atoms with Crippen molar-refractivity contribution in [1.29, 1.82) is 0 Å². The molecular weight excluding hydrogens is 316 g/mol. The molecule has 124 valence electrons. The molecule has 0 bridgehead atoms. The minimum absolute atomic E-state index is 0.479. The van der Waals surface area contributed by atoms with E-state index in [2.05, 4.69) is 105 Å². The van der Waals surface area contributed by atoms with Crippen LogP contribution in [0.25, 0.3) is 6.08 Å². The van der Waals surface area contributed by atoms with Crippen molar-refractivity contribution in [2.24, 2.45) is 0 Å². The molecule has 0 aliphatic heterocycles. The van der Waals surface area contributed by atoms with Gasteiger partial charge in [0.15, 0.2) is 0 Å². The summed E-state index contributed by atoms with van der Waals surface area (Å²) in [7, 11) is -1.97. The number of benzene rings is 3.